The van der Waals surface area contributed by atoms with E-state index in [1.54, 1.807) is 0 Å². The molecule has 0 radical (unpaired) electrons. The first-order valence-electron chi connectivity index (χ1n) is 44.7. The van der Waals surface area contributed by atoms with Crippen molar-refractivity contribution in [1.82, 2.24) is 8.80 Å². The van der Waals surface area contributed by atoms with Crippen LogP contribution in [0.3, 0.4) is 0 Å². The molecule has 0 saturated carbocycles. The zero-order chi connectivity index (χ0) is 85.5. The minimum absolute atomic E-state index is 0.0364. The molecule has 0 bridgehead atoms. The summed E-state index contributed by atoms with van der Waals surface area (Å²) in [5, 5.41) is 7.61. The highest BCUT2D eigenvalue weighted by atomic mass is 15.2. The van der Waals surface area contributed by atoms with Crippen molar-refractivity contribution in [3.8, 4) is 44.5 Å². The van der Waals surface area contributed by atoms with Gasteiger partial charge in [-0.1, -0.05) is 360 Å². The molecule has 0 aliphatic carbocycles. The Bertz CT molecular complexity index is 7930. The van der Waals surface area contributed by atoms with Gasteiger partial charge in [-0.25, -0.2) is 0 Å². The summed E-state index contributed by atoms with van der Waals surface area (Å²) in [7, 11) is 0. The van der Waals surface area contributed by atoms with Gasteiger partial charge in [-0.15, -0.1) is 0 Å². The second-order valence-corrected chi connectivity index (χ2v) is 30.3. The van der Waals surface area contributed by atoms with Gasteiger partial charge in [0, 0.05) is 88.1 Å². The van der Waals surface area contributed by atoms with E-state index in [-0.39, 0.29) is 90.6 Å². The molecule has 0 fully saturated rings. The Balaban J connectivity index is 1.04. The monoisotopic (exact) mass is 1420 g/mol. The van der Waals surface area contributed by atoms with E-state index in [1.807, 2.05) is 106 Å². The van der Waals surface area contributed by atoms with E-state index in [4.69, 9.17) is 0 Å². The lowest BCUT2D eigenvalue weighted by atomic mass is 9.33. The number of hydrogen-bond acceptors (Lipinski definition) is 2. The molecule has 0 saturated heterocycles. The third-order valence-electron chi connectivity index (χ3n) is 23.3. The molecule has 2 aliphatic rings. The van der Waals surface area contributed by atoms with Gasteiger partial charge < -0.3 is 18.6 Å². The van der Waals surface area contributed by atoms with Crippen LogP contribution in [0.2, 0.25) is 0 Å². The SMILES string of the molecule is [2H]c1c([2H])c([2H])c2c(c1[2H])c1c([2H])c([2H])c([2H])c3c4ccccc4c4ccccc4c4cc5c(cc4n2c31)N(c1c(-c2ccccc2)cccc1-c1ccccc1)c1cc(C(C)(C)C)cc2c1B5c1cc3c4ccccc4c4ccccc4c4c([2H])c([2H])c([2H])c5c6c([2H])c([2H])c([2H])c([2H])c6n(c3cc1N2c1c(-c2ccccc2)cccc1-c1ccccc1)c45. The van der Waals surface area contributed by atoms with Crippen molar-refractivity contribution in [3.05, 3.63) is 381 Å². The topological polar surface area (TPSA) is 15.3 Å². The molecule has 21 aromatic rings. The highest BCUT2D eigenvalue weighted by Crippen LogP contribution is 2.56. The van der Waals surface area contributed by atoms with Crippen molar-refractivity contribution in [2.24, 2.45) is 0 Å². The van der Waals surface area contributed by atoms with Crippen LogP contribution in [0.1, 0.15) is 45.5 Å². The van der Waals surface area contributed by atoms with Crippen LogP contribution in [0.15, 0.2) is 376 Å². The van der Waals surface area contributed by atoms with Gasteiger partial charge >= 0.3 is 0 Å². The summed E-state index contributed by atoms with van der Waals surface area (Å²) in [6.45, 7) is 5.84. The first-order chi connectivity index (χ1) is 60.6. The first-order valence-corrected chi connectivity index (χ1v) is 37.7. The summed E-state index contributed by atoms with van der Waals surface area (Å²) in [6.07, 6.45) is 0. The fraction of sp³-hybridized carbons (Fsp3) is 0.0377. The lowest BCUT2D eigenvalue weighted by Crippen LogP contribution is -2.61. The Kier molecular flexibility index (Phi) is 11.0. The predicted octanol–water partition coefficient (Wildman–Crippen LogP) is 26.9. The number of anilines is 6. The van der Waals surface area contributed by atoms with E-state index in [1.165, 1.54) is 0 Å². The number of aromatic nitrogens is 2. The van der Waals surface area contributed by atoms with Crippen LogP contribution >= 0.6 is 0 Å². The van der Waals surface area contributed by atoms with E-state index >= 15 is 0 Å². The molecule has 2 aliphatic heterocycles. The maximum Gasteiger partial charge on any atom is 0.252 e. The summed E-state index contributed by atoms with van der Waals surface area (Å²) in [6, 6.07) is 94.2. The van der Waals surface area contributed by atoms with E-state index in [0.717, 1.165) is 111 Å². The van der Waals surface area contributed by atoms with Crippen molar-refractivity contribution in [2.45, 2.75) is 26.2 Å². The Morgan fingerprint density at radius 1 is 0.252 bits per heavy atom. The van der Waals surface area contributed by atoms with Crippen LogP contribution in [-0.2, 0) is 5.41 Å². The first kappa shape index (κ1) is 50.5. The van der Waals surface area contributed by atoms with Gasteiger partial charge in [0.25, 0.3) is 6.71 Å². The lowest BCUT2D eigenvalue weighted by molar-refractivity contribution is 0.590. The quantitative estimate of drug-likeness (QED) is 0.154. The number of rotatable bonds is 6. The smallest absolute Gasteiger partial charge is 0.252 e. The average molecular weight is 1430 g/mol. The van der Waals surface area contributed by atoms with Gasteiger partial charge in [-0.2, -0.15) is 0 Å². The molecule has 4 aromatic heterocycles. The standard InChI is InChI=1S/C106H71BN4/c1-106(2,3)70-60-99-101-100(61-70)111(103-73(68-36-12-6-13-37-68)52-29-53-74(103)69-38-14-7-15-39-69)98-65-96-90(82-47-23-19-43-78(82)76-41-17-21-45-80(76)86-55-31-57-88-84-49-25-27-59-94(84)109(96)105(86)88)63-92(98)107(101)91-62-89-81-46-22-18-42-77(81)75-40-16-20-44-79(75)85-54-30-56-87-83-48-24-26-58-93(83)108(104(85)87)95(89)64-97(91)110(99)102-71(66-32-8-4-9-33-66)50-28-51-72(102)67-34-10-5-11-35-67/h4-65H,1-3H3/i24D,25D,26D,27D,30D,31D,48D,49D,54D,55D,56D,57D,58D,59D. The highest BCUT2D eigenvalue weighted by Gasteiger charge is 2.47. The molecule has 0 N–H and O–H groups in total. The van der Waals surface area contributed by atoms with E-state index in [9.17, 15) is 19.2 Å². The molecule has 518 valence electrons. The van der Waals surface area contributed by atoms with Gasteiger partial charge in [0.1, 0.15) is 0 Å². The second kappa shape index (κ2) is 24.3. The molecule has 4 nitrogen and oxygen atoms in total. The second-order valence-electron chi connectivity index (χ2n) is 30.3. The van der Waals surface area contributed by atoms with Gasteiger partial charge in [-0.3, -0.25) is 0 Å². The zero-order valence-electron chi connectivity index (χ0n) is 74.6. The summed E-state index contributed by atoms with van der Waals surface area (Å²) in [5.74, 6) is 0. The van der Waals surface area contributed by atoms with E-state index in [0.29, 0.717) is 54.7 Å². The Hall–Kier alpha value is -14.0. The maximum absolute atomic E-state index is 10.4. The number of benzene rings is 17. The van der Waals surface area contributed by atoms with Crippen LogP contribution in [0.25, 0.3) is 164 Å². The minimum atomic E-state index is -0.831. The maximum atomic E-state index is 10.4. The fourth-order valence-corrected chi connectivity index (χ4v) is 18.5. The Morgan fingerprint density at radius 2 is 0.541 bits per heavy atom. The molecular weight excluding hydrogens is 1340 g/mol. The van der Waals surface area contributed by atoms with Gasteiger partial charge in [-0.05, 0) is 129 Å². The van der Waals surface area contributed by atoms with Crippen molar-refractivity contribution in [3.63, 3.8) is 0 Å². The molecule has 23 rings (SSSR count). The highest BCUT2D eigenvalue weighted by molar-refractivity contribution is 7.00. The van der Waals surface area contributed by atoms with Gasteiger partial charge in [0.2, 0.25) is 0 Å². The van der Waals surface area contributed by atoms with Crippen LogP contribution < -0.4 is 26.2 Å². The zero-order valence-corrected chi connectivity index (χ0v) is 60.6. The minimum Gasteiger partial charge on any atom is -0.310 e. The number of para-hydroxylation sites is 6. The number of fused-ring (bicyclic) bond motifs is 24. The molecule has 17 aromatic carbocycles. The summed E-state index contributed by atoms with van der Waals surface area (Å²) in [4.78, 5) is 4.85. The summed E-state index contributed by atoms with van der Waals surface area (Å²) < 4.78 is 144. The Morgan fingerprint density at radius 3 is 0.874 bits per heavy atom. The molecular formula is C106H71BN4. The van der Waals surface area contributed by atoms with E-state index in [2.05, 4.69) is 225 Å². The van der Waals surface area contributed by atoms with Crippen molar-refractivity contribution in [1.29, 1.82) is 0 Å². The molecule has 111 heavy (non-hydrogen) atoms. The molecule has 6 heterocycles. The fourth-order valence-electron chi connectivity index (χ4n) is 18.5. The third kappa shape index (κ3) is 9.30. The predicted molar refractivity (Wildman–Crippen MR) is 476 cm³/mol. The van der Waals surface area contributed by atoms with Gasteiger partial charge in [0.05, 0.1) is 63.7 Å². The molecule has 5 heteroatoms. The van der Waals surface area contributed by atoms with Gasteiger partial charge in [0.15, 0.2) is 0 Å². The van der Waals surface area contributed by atoms with E-state index < -0.39 is 60.5 Å². The van der Waals surface area contributed by atoms with Crippen molar-refractivity contribution in [2.75, 3.05) is 9.80 Å². The molecule has 0 spiro atoms. The third-order valence-corrected chi connectivity index (χ3v) is 23.3. The lowest BCUT2D eigenvalue weighted by Gasteiger charge is -2.46. The largest absolute Gasteiger partial charge is 0.310 e. The molecule has 0 amide bonds. The summed E-state index contributed by atoms with van der Waals surface area (Å²) in [5.41, 5.74) is 16.0. The number of hydrogen-bond donors (Lipinski definition) is 0. The van der Waals surface area contributed by atoms with Crippen molar-refractivity contribution < 1.29 is 19.2 Å². The average Bonchev–Trinajstić information content (AvgIpc) is 1.61. The normalized spacial score (nSPS) is 14.5. The van der Waals surface area contributed by atoms with Crippen LogP contribution in [-0.4, -0.2) is 15.5 Å². The number of nitrogens with zero attached hydrogens (tertiary/aromatic N) is 4. The van der Waals surface area contributed by atoms with Crippen LogP contribution in [0.5, 0.6) is 0 Å². The van der Waals surface area contributed by atoms with Crippen LogP contribution in [0, 0.1) is 0 Å². The Labute approximate surface area is 662 Å². The molecule has 0 atom stereocenters. The summed E-state index contributed by atoms with van der Waals surface area (Å²) >= 11 is 0. The molecule has 0 unspecified atom stereocenters. The van der Waals surface area contributed by atoms with Crippen molar-refractivity contribution >= 4 is 177 Å². The van der Waals surface area contributed by atoms with Crippen LogP contribution in [0.4, 0.5) is 34.1 Å².